The Hall–Kier alpha value is -3.38. The quantitative estimate of drug-likeness (QED) is 0.379. The largest absolute Gasteiger partial charge is 0.367 e. The first kappa shape index (κ1) is 25.2. The number of hydrogen-bond donors (Lipinski definition) is 0. The average molecular weight is 462 g/mol. The summed E-state index contributed by atoms with van der Waals surface area (Å²) in [5.41, 5.74) is 3.12. The summed E-state index contributed by atoms with van der Waals surface area (Å²) in [4.78, 5) is 29.9. The number of aromatic nitrogens is 1. The first-order chi connectivity index (χ1) is 16.6. The van der Waals surface area contributed by atoms with Crippen LogP contribution >= 0.6 is 0 Å². The summed E-state index contributed by atoms with van der Waals surface area (Å²) in [6.07, 6.45) is 3.76. The second kappa shape index (κ2) is 13.4. The number of carbonyl (C=O) groups is 2. The smallest absolute Gasteiger partial charge is 0.249 e. The third-order valence-electron chi connectivity index (χ3n) is 5.77. The van der Waals surface area contributed by atoms with Crippen LogP contribution in [-0.4, -0.2) is 45.9 Å². The molecular weight excluding hydrogens is 426 g/mol. The standard InChI is InChI=1S/C28H35N3O3/c1-3-4-18-30(28(33)23-34-22-25-14-9-6-10-15-25)21-27(32)31(19-24-12-7-5-8-13-24)20-26-16-11-17-29(26)2/h5-17H,3-4,18-23H2,1-2H3. The van der Waals surface area contributed by atoms with Crippen molar-refractivity contribution in [3.8, 4) is 0 Å². The summed E-state index contributed by atoms with van der Waals surface area (Å²) in [6, 6.07) is 23.7. The molecule has 180 valence electrons. The Morgan fingerprint density at radius 2 is 1.50 bits per heavy atom. The molecule has 0 aliphatic carbocycles. The highest BCUT2D eigenvalue weighted by Gasteiger charge is 2.22. The van der Waals surface area contributed by atoms with Crippen molar-refractivity contribution in [2.75, 3.05) is 19.7 Å². The van der Waals surface area contributed by atoms with Crippen LogP contribution in [-0.2, 0) is 41.1 Å². The molecule has 0 aliphatic heterocycles. The molecule has 0 N–H and O–H groups in total. The molecule has 0 bridgehead atoms. The van der Waals surface area contributed by atoms with E-state index in [4.69, 9.17) is 4.74 Å². The van der Waals surface area contributed by atoms with E-state index in [1.165, 1.54) is 0 Å². The van der Waals surface area contributed by atoms with Gasteiger partial charge in [0.15, 0.2) is 0 Å². The van der Waals surface area contributed by atoms with Gasteiger partial charge in [-0.15, -0.1) is 0 Å². The maximum atomic E-state index is 13.4. The Kier molecular flexibility index (Phi) is 9.92. The summed E-state index contributed by atoms with van der Waals surface area (Å²) in [7, 11) is 1.97. The Morgan fingerprint density at radius 3 is 2.12 bits per heavy atom. The fourth-order valence-electron chi connectivity index (χ4n) is 3.72. The molecule has 0 atom stereocenters. The summed E-state index contributed by atoms with van der Waals surface area (Å²) >= 11 is 0. The van der Waals surface area contributed by atoms with E-state index in [1.807, 2.05) is 95.5 Å². The minimum absolute atomic E-state index is 0.0393. The highest BCUT2D eigenvalue weighted by molar-refractivity contribution is 5.85. The molecule has 0 saturated heterocycles. The molecule has 0 unspecified atom stereocenters. The predicted molar refractivity (Wildman–Crippen MR) is 134 cm³/mol. The highest BCUT2D eigenvalue weighted by atomic mass is 16.5. The number of unbranched alkanes of at least 4 members (excludes halogenated alkanes) is 1. The third-order valence-corrected chi connectivity index (χ3v) is 5.77. The molecule has 6 nitrogen and oxygen atoms in total. The van der Waals surface area contributed by atoms with Crippen LogP contribution in [0.4, 0.5) is 0 Å². The van der Waals surface area contributed by atoms with Crippen LogP contribution in [0, 0.1) is 0 Å². The van der Waals surface area contributed by atoms with Gasteiger partial charge in [-0.05, 0) is 29.7 Å². The van der Waals surface area contributed by atoms with E-state index >= 15 is 0 Å². The highest BCUT2D eigenvalue weighted by Crippen LogP contribution is 2.12. The lowest BCUT2D eigenvalue weighted by Crippen LogP contribution is -2.44. The van der Waals surface area contributed by atoms with E-state index < -0.39 is 0 Å². The molecule has 2 amide bonds. The van der Waals surface area contributed by atoms with E-state index in [-0.39, 0.29) is 25.0 Å². The SMILES string of the molecule is CCCCN(CC(=O)N(Cc1ccccc1)Cc1cccn1C)C(=O)COCc1ccccc1. The minimum atomic E-state index is -0.156. The zero-order valence-corrected chi connectivity index (χ0v) is 20.2. The van der Waals surface area contributed by atoms with Crippen molar-refractivity contribution in [1.82, 2.24) is 14.4 Å². The fourth-order valence-corrected chi connectivity index (χ4v) is 3.72. The Bertz CT molecular complexity index is 1020. The van der Waals surface area contributed by atoms with Crippen LogP contribution in [0.25, 0.3) is 0 Å². The van der Waals surface area contributed by atoms with Gasteiger partial charge in [-0.3, -0.25) is 9.59 Å². The van der Waals surface area contributed by atoms with Crippen molar-refractivity contribution in [3.05, 3.63) is 95.8 Å². The van der Waals surface area contributed by atoms with Crippen LogP contribution in [0.2, 0.25) is 0 Å². The van der Waals surface area contributed by atoms with Gasteiger partial charge in [-0.2, -0.15) is 0 Å². The number of nitrogens with zero attached hydrogens (tertiary/aromatic N) is 3. The van der Waals surface area contributed by atoms with Crippen LogP contribution in [0.5, 0.6) is 0 Å². The second-order valence-electron chi connectivity index (χ2n) is 8.49. The molecule has 6 heteroatoms. The molecule has 3 aromatic rings. The lowest BCUT2D eigenvalue weighted by atomic mass is 10.2. The average Bonchev–Trinajstić information content (AvgIpc) is 3.26. The zero-order valence-electron chi connectivity index (χ0n) is 20.2. The second-order valence-corrected chi connectivity index (χ2v) is 8.49. The molecule has 0 spiro atoms. The van der Waals surface area contributed by atoms with Crippen molar-refractivity contribution < 1.29 is 14.3 Å². The van der Waals surface area contributed by atoms with Crippen molar-refractivity contribution in [3.63, 3.8) is 0 Å². The van der Waals surface area contributed by atoms with Gasteiger partial charge in [0, 0.05) is 32.0 Å². The molecule has 0 saturated carbocycles. The molecule has 1 aromatic heterocycles. The third kappa shape index (κ3) is 7.89. The van der Waals surface area contributed by atoms with Crippen LogP contribution in [0.1, 0.15) is 36.6 Å². The Labute approximate surface area is 202 Å². The first-order valence-corrected chi connectivity index (χ1v) is 11.9. The molecule has 0 radical (unpaired) electrons. The van der Waals surface area contributed by atoms with Gasteiger partial charge in [0.05, 0.1) is 19.7 Å². The molecular formula is C28H35N3O3. The number of hydrogen-bond acceptors (Lipinski definition) is 3. The van der Waals surface area contributed by atoms with Gasteiger partial charge in [0.25, 0.3) is 0 Å². The van der Waals surface area contributed by atoms with Crippen molar-refractivity contribution in [2.45, 2.75) is 39.5 Å². The van der Waals surface area contributed by atoms with Crippen molar-refractivity contribution in [1.29, 1.82) is 0 Å². The number of rotatable bonds is 13. The van der Waals surface area contributed by atoms with E-state index in [2.05, 4.69) is 6.92 Å². The van der Waals surface area contributed by atoms with E-state index in [1.54, 1.807) is 4.90 Å². The van der Waals surface area contributed by atoms with Gasteiger partial charge in [0.1, 0.15) is 6.61 Å². The summed E-state index contributed by atoms with van der Waals surface area (Å²) < 4.78 is 7.68. The topological polar surface area (TPSA) is 54.8 Å². The fraction of sp³-hybridized carbons (Fsp3) is 0.357. The number of carbonyl (C=O) groups excluding carboxylic acids is 2. The van der Waals surface area contributed by atoms with Gasteiger partial charge in [-0.25, -0.2) is 0 Å². The Balaban J connectivity index is 1.66. The van der Waals surface area contributed by atoms with E-state index in [0.717, 1.165) is 29.7 Å². The number of ether oxygens (including phenoxy) is 1. The summed E-state index contributed by atoms with van der Waals surface area (Å²) in [6.45, 7) is 3.97. The van der Waals surface area contributed by atoms with E-state index in [9.17, 15) is 9.59 Å². The molecule has 0 fully saturated rings. The Morgan fingerprint density at radius 1 is 0.824 bits per heavy atom. The lowest BCUT2D eigenvalue weighted by Gasteiger charge is -2.28. The molecule has 0 aliphatic rings. The van der Waals surface area contributed by atoms with Crippen LogP contribution < -0.4 is 0 Å². The van der Waals surface area contributed by atoms with Gasteiger partial charge < -0.3 is 19.1 Å². The summed E-state index contributed by atoms with van der Waals surface area (Å²) in [5, 5.41) is 0. The van der Waals surface area contributed by atoms with Gasteiger partial charge in [-0.1, -0.05) is 74.0 Å². The normalized spacial score (nSPS) is 10.8. The number of aryl methyl sites for hydroxylation is 1. The van der Waals surface area contributed by atoms with Gasteiger partial charge >= 0.3 is 0 Å². The van der Waals surface area contributed by atoms with Crippen LogP contribution in [0.15, 0.2) is 79.0 Å². The van der Waals surface area contributed by atoms with Crippen molar-refractivity contribution >= 4 is 11.8 Å². The molecule has 1 heterocycles. The molecule has 34 heavy (non-hydrogen) atoms. The number of benzene rings is 2. The monoisotopic (exact) mass is 461 g/mol. The molecule has 2 aromatic carbocycles. The molecule has 3 rings (SSSR count). The maximum Gasteiger partial charge on any atom is 0.249 e. The zero-order chi connectivity index (χ0) is 24.2. The number of amides is 2. The first-order valence-electron chi connectivity index (χ1n) is 11.9. The van der Waals surface area contributed by atoms with Crippen LogP contribution in [0.3, 0.4) is 0 Å². The summed E-state index contributed by atoms with van der Waals surface area (Å²) in [5.74, 6) is -0.228. The minimum Gasteiger partial charge on any atom is -0.367 e. The van der Waals surface area contributed by atoms with Gasteiger partial charge in [0.2, 0.25) is 11.8 Å². The lowest BCUT2D eigenvalue weighted by molar-refractivity contribution is -0.144. The van der Waals surface area contributed by atoms with E-state index in [0.29, 0.717) is 26.2 Å². The predicted octanol–water partition coefficient (Wildman–Crippen LogP) is 4.40. The van der Waals surface area contributed by atoms with Crippen molar-refractivity contribution in [2.24, 2.45) is 7.05 Å². The maximum absolute atomic E-state index is 13.4.